The summed E-state index contributed by atoms with van der Waals surface area (Å²) in [6.45, 7) is 12.9. The molecule has 0 aliphatic heterocycles. The van der Waals surface area contributed by atoms with E-state index < -0.39 is 23.8 Å². The van der Waals surface area contributed by atoms with E-state index in [1.165, 1.54) is 12.1 Å². The molecule has 37 heavy (non-hydrogen) atoms. The molecule has 200 valence electrons. The highest BCUT2D eigenvalue weighted by Crippen LogP contribution is 2.41. The van der Waals surface area contributed by atoms with Gasteiger partial charge in [-0.1, -0.05) is 51.1 Å². The maximum atomic E-state index is 14.1. The molecule has 3 amide bonds. The van der Waals surface area contributed by atoms with Crippen LogP contribution in [0.2, 0.25) is 0 Å². The first-order valence-corrected chi connectivity index (χ1v) is 12.8. The van der Waals surface area contributed by atoms with E-state index in [4.69, 9.17) is 4.74 Å². The van der Waals surface area contributed by atoms with Gasteiger partial charge < -0.3 is 25.4 Å². The van der Waals surface area contributed by atoms with Gasteiger partial charge in [0.15, 0.2) is 0 Å². The third kappa shape index (κ3) is 7.24. The van der Waals surface area contributed by atoms with E-state index in [0.717, 1.165) is 12.0 Å². The van der Waals surface area contributed by atoms with E-state index in [1.54, 1.807) is 37.8 Å². The summed E-state index contributed by atoms with van der Waals surface area (Å²) < 4.78 is 5.42. The lowest BCUT2D eigenvalue weighted by Gasteiger charge is -2.36. The van der Waals surface area contributed by atoms with Crippen LogP contribution in [0.1, 0.15) is 65.1 Å². The summed E-state index contributed by atoms with van der Waals surface area (Å²) in [4.78, 5) is 42.2. The normalized spacial score (nSPS) is 18.5. The molecule has 1 aliphatic carbocycles. The minimum atomic E-state index is -0.968. The highest BCUT2D eigenvalue weighted by molar-refractivity contribution is 5.99. The topological polar surface area (TPSA) is 108 Å². The van der Waals surface area contributed by atoms with Crippen molar-refractivity contribution in [1.29, 1.82) is 0 Å². The smallest absolute Gasteiger partial charge is 0.408 e. The number of hydrogen-bond donors (Lipinski definition) is 3. The Kier molecular flexibility index (Phi) is 8.51. The van der Waals surface area contributed by atoms with E-state index in [0.29, 0.717) is 11.3 Å². The Morgan fingerprint density at radius 3 is 2.16 bits per heavy atom. The zero-order chi connectivity index (χ0) is 27.5. The number of para-hydroxylation sites is 1. The van der Waals surface area contributed by atoms with Gasteiger partial charge in [-0.05, 0) is 75.3 Å². The highest BCUT2D eigenvalue weighted by atomic mass is 16.6. The van der Waals surface area contributed by atoms with Crippen molar-refractivity contribution < 1.29 is 24.2 Å². The number of hydrogen-bond acceptors (Lipinski definition) is 5. The lowest BCUT2D eigenvalue weighted by atomic mass is 9.98. The van der Waals surface area contributed by atoms with Crippen LogP contribution in [0.5, 0.6) is 5.75 Å². The SMILES string of the molecule is Cc1ccccc1NC(=O)C(c1ccc(O)cc1)N(C(=O)C(NC(=O)OC(C)(C)C)C(C)C)C1CC1C. The number of nitrogens with one attached hydrogen (secondary N) is 2. The fraction of sp³-hybridized carbons (Fsp3) is 0.483. The molecule has 0 saturated heterocycles. The zero-order valence-corrected chi connectivity index (χ0v) is 22.7. The maximum absolute atomic E-state index is 14.1. The number of amides is 3. The number of aromatic hydroxyl groups is 1. The molecular weight excluding hydrogens is 470 g/mol. The molecule has 1 fully saturated rings. The zero-order valence-electron chi connectivity index (χ0n) is 22.7. The largest absolute Gasteiger partial charge is 0.508 e. The lowest BCUT2D eigenvalue weighted by molar-refractivity contribution is -0.142. The van der Waals surface area contributed by atoms with Gasteiger partial charge in [0.25, 0.3) is 5.91 Å². The predicted octanol–water partition coefficient (Wildman–Crippen LogP) is 5.17. The number of nitrogens with zero attached hydrogens (tertiary/aromatic N) is 1. The standard InChI is InChI=1S/C29H39N3O5/c1-17(2)24(31-28(36)37-29(5,6)7)27(35)32(23-16-19(23)4)25(20-12-14-21(33)15-13-20)26(34)30-22-11-9-8-10-18(22)3/h8-15,17,19,23-25,33H,16H2,1-7H3,(H,30,34)(H,31,36). The molecule has 0 spiro atoms. The van der Waals surface area contributed by atoms with Crippen LogP contribution in [0.15, 0.2) is 48.5 Å². The molecule has 0 bridgehead atoms. The number of rotatable bonds is 8. The molecule has 3 N–H and O–H groups in total. The molecule has 8 nitrogen and oxygen atoms in total. The van der Waals surface area contributed by atoms with E-state index in [9.17, 15) is 19.5 Å². The third-order valence-corrected chi connectivity index (χ3v) is 6.42. The van der Waals surface area contributed by atoms with Crippen LogP contribution in [0.4, 0.5) is 10.5 Å². The first-order chi connectivity index (χ1) is 17.3. The third-order valence-electron chi connectivity index (χ3n) is 6.42. The van der Waals surface area contributed by atoms with Crippen molar-refractivity contribution in [2.45, 2.75) is 78.6 Å². The number of anilines is 1. The first-order valence-electron chi connectivity index (χ1n) is 12.8. The molecule has 4 atom stereocenters. The van der Waals surface area contributed by atoms with E-state index in [1.807, 2.05) is 52.0 Å². The number of alkyl carbamates (subject to hydrolysis) is 1. The minimum Gasteiger partial charge on any atom is -0.508 e. The van der Waals surface area contributed by atoms with Crippen molar-refractivity contribution in [1.82, 2.24) is 10.2 Å². The summed E-state index contributed by atoms with van der Waals surface area (Å²) in [6, 6.07) is 11.7. The monoisotopic (exact) mass is 509 g/mol. The van der Waals surface area contributed by atoms with Crippen molar-refractivity contribution in [2.24, 2.45) is 11.8 Å². The Morgan fingerprint density at radius 2 is 1.65 bits per heavy atom. The minimum absolute atomic E-state index is 0.0612. The van der Waals surface area contributed by atoms with E-state index in [2.05, 4.69) is 10.6 Å². The van der Waals surface area contributed by atoms with Crippen molar-refractivity contribution in [3.05, 3.63) is 59.7 Å². The van der Waals surface area contributed by atoms with E-state index in [-0.39, 0.29) is 35.4 Å². The number of carbonyl (C=O) groups is 3. The summed E-state index contributed by atoms with van der Waals surface area (Å²) in [7, 11) is 0. The van der Waals surface area contributed by atoms with Gasteiger partial charge in [-0.15, -0.1) is 0 Å². The Hall–Kier alpha value is -3.55. The summed E-state index contributed by atoms with van der Waals surface area (Å²) in [5, 5.41) is 15.6. The average Bonchev–Trinajstić information content (AvgIpc) is 3.52. The predicted molar refractivity (Wildman–Crippen MR) is 143 cm³/mol. The Labute approximate surface area is 219 Å². The molecule has 1 aliphatic rings. The Morgan fingerprint density at radius 1 is 1.05 bits per heavy atom. The number of phenolic OH excluding ortho intramolecular Hbond substituents is 1. The molecule has 2 aromatic rings. The number of phenols is 1. The Bertz CT molecular complexity index is 1120. The lowest BCUT2D eigenvalue weighted by Crippen LogP contribution is -2.55. The van der Waals surface area contributed by atoms with Crippen LogP contribution in [0.3, 0.4) is 0 Å². The highest BCUT2D eigenvalue weighted by Gasteiger charge is 2.48. The number of carbonyl (C=O) groups excluding carboxylic acids is 3. The van der Waals surface area contributed by atoms with Gasteiger partial charge >= 0.3 is 6.09 Å². The van der Waals surface area contributed by atoms with Crippen molar-refractivity contribution in [3.8, 4) is 5.75 Å². The van der Waals surface area contributed by atoms with Gasteiger partial charge in [0, 0.05) is 11.7 Å². The summed E-state index contributed by atoms with van der Waals surface area (Å²) in [6.07, 6.45) is 0.0590. The molecule has 3 rings (SSSR count). The summed E-state index contributed by atoms with van der Waals surface area (Å²) in [5.41, 5.74) is 1.39. The van der Waals surface area contributed by atoms with E-state index >= 15 is 0 Å². The molecule has 2 aromatic carbocycles. The molecule has 4 unspecified atom stereocenters. The fourth-order valence-electron chi connectivity index (χ4n) is 4.29. The van der Waals surface area contributed by atoms with Gasteiger partial charge in [0.05, 0.1) is 0 Å². The first kappa shape index (κ1) is 28.0. The number of ether oxygens (including phenoxy) is 1. The van der Waals surface area contributed by atoms with Crippen LogP contribution < -0.4 is 10.6 Å². The molecular formula is C29H39N3O5. The van der Waals surface area contributed by atoms with Gasteiger partial charge in [-0.25, -0.2) is 4.79 Å². The average molecular weight is 510 g/mol. The Balaban J connectivity index is 2.01. The van der Waals surface area contributed by atoms with Gasteiger partial charge in [-0.3, -0.25) is 9.59 Å². The quantitative estimate of drug-likeness (QED) is 0.455. The van der Waals surface area contributed by atoms with Crippen molar-refractivity contribution in [2.75, 3.05) is 5.32 Å². The molecule has 0 heterocycles. The molecule has 0 radical (unpaired) electrons. The fourth-order valence-corrected chi connectivity index (χ4v) is 4.29. The van der Waals surface area contributed by atoms with Gasteiger partial charge in [-0.2, -0.15) is 0 Å². The van der Waals surface area contributed by atoms with Crippen molar-refractivity contribution in [3.63, 3.8) is 0 Å². The van der Waals surface area contributed by atoms with Gasteiger partial charge in [0.1, 0.15) is 23.4 Å². The second kappa shape index (κ2) is 11.2. The maximum Gasteiger partial charge on any atom is 0.408 e. The van der Waals surface area contributed by atoms with Gasteiger partial charge in [0.2, 0.25) is 5.91 Å². The molecule has 8 heteroatoms. The van der Waals surface area contributed by atoms with Crippen LogP contribution in [0, 0.1) is 18.8 Å². The molecule has 1 saturated carbocycles. The number of aryl methyl sites for hydroxylation is 1. The van der Waals surface area contributed by atoms with Crippen LogP contribution >= 0.6 is 0 Å². The summed E-state index contributed by atoms with van der Waals surface area (Å²) in [5.74, 6) is -0.716. The second-order valence-corrected chi connectivity index (χ2v) is 11.2. The van der Waals surface area contributed by atoms with Crippen molar-refractivity contribution >= 4 is 23.6 Å². The van der Waals surface area contributed by atoms with Crippen LogP contribution in [-0.4, -0.2) is 45.6 Å². The second-order valence-electron chi connectivity index (χ2n) is 11.2. The summed E-state index contributed by atoms with van der Waals surface area (Å²) >= 11 is 0. The molecule has 0 aromatic heterocycles. The van der Waals surface area contributed by atoms with Crippen LogP contribution in [-0.2, 0) is 14.3 Å². The van der Waals surface area contributed by atoms with Crippen LogP contribution in [0.25, 0.3) is 0 Å². The number of benzene rings is 2.